The number of anilines is 1. The molecule has 0 aliphatic carbocycles. The maximum absolute atomic E-state index is 13.5. The van der Waals surface area contributed by atoms with Crippen molar-refractivity contribution in [1.29, 1.82) is 0 Å². The van der Waals surface area contributed by atoms with Crippen LogP contribution in [-0.4, -0.2) is 40.3 Å². The maximum atomic E-state index is 13.5. The number of carbonyl (C=O) groups excluding carboxylic acids is 1. The molecule has 0 atom stereocenters. The van der Waals surface area contributed by atoms with Gasteiger partial charge in [0.2, 0.25) is 5.91 Å². The number of sulfonamides is 1. The van der Waals surface area contributed by atoms with Gasteiger partial charge in [0.25, 0.3) is 10.0 Å². The van der Waals surface area contributed by atoms with E-state index in [0.29, 0.717) is 22.5 Å². The van der Waals surface area contributed by atoms with Gasteiger partial charge in [0.1, 0.15) is 12.3 Å². The van der Waals surface area contributed by atoms with Gasteiger partial charge < -0.3 is 10.1 Å². The third-order valence-corrected chi connectivity index (χ3v) is 8.70. The number of hydrogen-bond acceptors (Lipinski definition) is 5. The monoisotopic (exact) mass is 576 g/mol. The third-order valence-electron chi connectivity index (χ3n) is 5.28. The van der Waals surface area contributed by atoms with Gasteiger partial charge in [-0.1, -0.05) is 47.5 Å². The lowest BCUT2D eigenvalue weighted by Gasteiger charge is -2.24. The number of aryl methyl sites for hydroxylation is 2. The fraction of sp³-hybridized carbons (Fsp3) is 0.269. The SMILES string of the molecule is COc1ccc(S(=O)(=O)N(CC(=O)NCCSCc2ccc(C)cc2)c2ccc(C)cc2)cc1Br. The van der Waals surface area contributed by atoms with Crippen molar-refractivity contribution in [2.75, 3.05) is 30.3 Å². The van der Waals surface area contributed by atoms with Crippen molar-refractivity contribution in [3.8, 4) is 5.75 Å². The molecule has 0 fully saturated rings. The van der Waals surface area contributed by atoms with Crippen molar-refractivity contribution in [2.45, 2.75) is 24.5 Å². The molecule has 0 radical (unpaired) electrons. The average Bonchev–Trinajstić information content (AvgIpc) is 2.84. The molecule has 3 rings (SSSR count). The number of methoxy groups -OCH3 is 1. The van der Waals surface area contributed by atoms with E-state index < -0.39 is 10.0 Å². The topological polar surface area (TPSA) is 75.7 Å². The highest BCUT2D eigenvalue weighted by Crippen LogP contribution is 2.30. The number of carbonyl (C=O) groups is 1. The molecule has 186 valence electrons. The molecule has 3 aromatic carbocycles. The van der Waals surface area contributed by atoms with E-state index in [4.69, 9.17) is 4.74 Å². The van der Waals surface area contributed by atoms with Crippen molar-refractivity contribution in [3.63, 3.8) is 0 Å². The Morgan fingerprint density at radius 3 is 2.23 bits per heavy atom. The third kappa shape index (κ3) is 7.49. The first-order valence-corrected chi connectivity index (χ1v) is 14.4. The minimum Gasteiger partial charge on any atom is -0.496 e. The van der Waals surface area contributed by atoms with Gasteiger partial charge in [0, 0.05) is 18.1 Å². The van der Waals surface area contributed by atoms with Crippen molar-refractivity contribution >= 4 is 49.3 Å². The lowest BCUT2D eigenvalue weighted by atomic mass is 10.2. The molecule has 35 heavy (non-hydrogen) atoms. The van der Waals surface area contributed by atoms with E-state index >= 15 is 0 Å². The van der Waals surface area contributed by atoms with Crippen molar-refractivity contribution in [3.05, 3.63) is 87.9 Å². The Morgan fingerprint density at radius 2 is 1.63 bits per heavy atom. The fourth-order valence-electron chi connectivity index (χ4n) is 3.28. The number of hydrogen-bond donors (Lipinski definition) is 1. The second-order valence-electron chi connectivity index (χ2n) is 8.03. The molecule has 0 heterocycles. The van der Waals surface area contributed by atoms with E-state index in [0.717, 1.165) is 21.4 Å². The average molecular weight is 578 g/mol. The highest BCUT2D eigenvalue weighted by Gasteiger charge is 2.28. The number of ether oxygens (including phenoxy) is 1. The van der Waals surface area contributed by atoms with Crippen LogP contribution in [-0.2, 0) is 20.6 Å². The van der Waals surface area contributed by atoms with Gasteiger partial charge in [-0.2, -0.15) is 11.8 Å². The Kier molecular flexibility index (Phi) is 9.65. The summed E-state index contributed by atoms with van der Waals surface area (Å²) < 4.78 is 33.9. The fourth-order valence-corrected chi connectivity index (χ4v) is 6.24. The van der Waals surface area contributed by atoms with Gasteiger partial charge in [-0.05, 0) is 65.7 Å². The quantitative estimate of drug-likeness (QED) is 0.313. The Hall–Kier alpha value is -2.49. The first kappa shape index (κ1) is 27.1. The second kappa shape index (κ2) is 12.5. The summed E-state index contributed by atoms with van der Waals surface area (Å²) in [5.74, 6) is 1.73. The lowest BCUT2D eigenvalue weighted by Crippen LogP contribution is -2.41. The van der Waals surface area contributed by atoms with Gasteiger partial charge in [0.15, 0.2) is 0 Å². The summed E-state index contributed by atoms with van der Waals surface area (Å²) in [5.41, 5.74) is 3.87. The van der Waals surface area contributed by atoms with Crippen LogP contribution in [0.5, 0.6) is 5.75 Å². The van der Waals surface area contributed by atoms with Crippen molar-refractivity contribution in [2.24, 2.45) is 0 Å². The van der Waals surface area contributed by atoms with Gasteiger partial charge in [0.05, 0.1) is 22.2 Å². The highest BCUT2D eigenvalue weighted by atomic mass is 79.9. The molecule has 0 saturated heterocycles. The minimum atomic E-state index is -4.00. The van der Waals surface area contributed by atoms with E-state index in [1.807, 2.05) is 19.1 Å². The minimum absolute atomic E-state index is 0.0622. The predicted molar refractivity (Wildman–Crippen MR) is 147 cm³/mol. The Balaban J connectivity index is 1.68. The Morgan fingerprint density at radius 1 is 1.00 bits per heavy atom. The number of benzene rings is 3. The van der Waals surface area contributed by atoms with E-state index in [9.17, 15) is 13.2 Å². The lowest BCUT2D eigenvalue weighted by molar-refractivity contribution is -0.119. The Bertz CT molecular complexity index is 1250. The van der Waals surface area contributed by atoms with Crippen LogP contribution in [0.15, 0.2) is 76.1 Å². The van der Waals surface area contributed by atoms with Crippen LogP contribution in [0.2, 0.25) is 0 Å². The Labute approximate surface area is 220 Å². The van der Waals surface area contributed by atoms with Gasteiger partial charge in [-0.3, -0.25) is 9.10 Å². The molecule has 0 spiro atoms. The standard InChI is InChI=1S/C26H29BrN2O4S2/c1-19-4-8-21(9-5-19)18-34-15-14-28-26(30)17-29(22-10-6-20(2)7-11-22)35(31,32)23-12-13-25(33-3)24(27)16-23/h4-13,16H,14-15,17-18H2,1-3H3,(H,28,30). The summed E-state index contributed by atoms with van der Waals surface area (Å²) in [6.45, 7) is 4.10. The number of nitrogens with one attached hydrogen (secondary N) is 1. The molecular weight excluding hydrogens is 548 g/mol. The molecule has 6 nitrogen and oxygen atoms in total. The number of halogens is 1. The molecule has 1 N–H and O–H groups in total. The molecule has 0 unspecified atom stereocenters. The first-order valence-electron chi connectivity index (χ1n) is 11.0. The first-order chi connectivity index (χ1) is 16.7. The molecule has 1 amide bonds. The summed E-state index contributed by atoms with van der Waals surface area (Å²) in [6.07, 6.45) is 0. The summed E-state index contributed by atoms with van der Waals surface area (Å²) >= 11 is 5.06. The highest BCUT2D eigenvalue weighted by molar-refractivity contribution is 9.10. The van der Waals surface area contributed by atoms with E-state index in [1.54, 1.807) is 30.0 Å². The summed E-state index contributed by atoms with van der Waals surface area (Å²) in [5, 5.41) is 2.85. The number of nitrogens with zero attached hydrogens (tertiary/aromatic N) is 1. The van der Waals surface area contributed by atoms with E-state index in [1.165, 1.54) is 30.4 Å². The van der Waals surface area contributed by atoms with Crippen LogP contribution in [0.25, 0.3) is 0 Å². The molecule has 0 aliphatic rings. The van der Waals surface area contributed by atoms with E-state index in [-0.39, 0.29) is 17.3 Å². The normalized spacial score (nSPS) is 11.2. The number of amides is 1. The van der Waals surface area contributed by atoms with Crippen LogP contribution in [0.4, 0.5) is 5.69 Å². The molecule has 0 aromatic heterocycles. The summed E-state index contributed by atoms with van der Waals surface area (Å²) in [7, 11) is -2.49. The molecule has 0 bridgehead atoms. The predicted octanol–water partition coefficient (Wildman–Crippen LogP) is 5.32. The van der Waals surface area contributed by atoms with Crippen molar-refractivity contribution < 1.29 is 17.9 Å². The molecule has 0 saturated carbocycles. The molecule has 9 heteroatoms. The molecule has 3 aromatic rings. The van der Waals surface area contributed by atoms with Crippen LogP contribution >= 0.6 is 27.7 Å². The van der Waals surface area contributed by atoms with Crippen molar-refractivity contribution in [1.82, 2.24) is 5.32 Å². The van der Waals surface area contributed by atoms with E-state index in [2.05, 4.69) is 52.4 Å². The van der Waals surface area contributed by atoms with Crippen LogP contribution < -0.4 is 14.4 Å². The zero-order valence-electron chi connectivity index (χ0n) is 20.0. The zero-order chi connectivity index (χ0) is 25.4. The number of thioether (sulfide) groups is 1. The smallest absolute Gasteiger partial charge is 0.264 e. The second-order valence-corrected chi connectivity index (χ2v) is 11.9. The van der Waals surface area contributed by atoms with Gasteiger partial charge in [-0.15, -0.1) is 0 Å². The van der Waals surface area contributed by atoms with Gasteiger partial charge in [-0.25, -0.2) is 8.42 Å². The molecular formula is C26H29BrN2O4S2. The van der Waals surface area contributed by atoms with Crippen LogP contribution in [0, 0.1) is 13.8 Å². The zero-order valence-corrected chi connectivity index (χ0v) is 23.2. The maximum Gasteiger partial charge on any atom is 0.264 e. The van der Waals surface area contributed by atoms with Crippen LogP contribution in [0.1, 0.15) is 16.7 Å². The van der Waals surface area contributed by atoms with Crippen LogP contribution in [0.3, 0.4) is 0 Å². The summed E-state index contributed by atoms with van der Waals surface area (Å²) in [6, 6.07) is 19.9. The van der Waals surface area contributed by atoms with Gasteiger partial charge >= 0.3 is 0 Å². The summed E-state index contributed by atoms with van der Waals surface area (Å²) in [4.78, 5) is 12.8. The largest absolute Gasteiger partial charge is 0.496 e. The number of rotatable bonds is 11. The molecule has 0 aliphatic heterocycles.